The number of para-hydroxylation sites is 3. The van der Waals surface area contributed by atoms with E-state index >= 15 is 0 Å². The summed E-state index contributed by atoms with van der Waals surface area (Å²) in [5.41, 5.74) is 13.2. The first-order chi connectivity index (χ1) is 25.2. The summed E-state index contributed by atoms with van der Waals surface area (Å²) in [6.07, 6.45) is 0.752. The number of hydrogen-bond donors (Lipinski definition) is 1. The molecule has 6 aromatic carbocycles. The highest BCUT2D eigenvalue weighted by atomic mass is 15.2. The van der Waals surface area contributed by atoms with Gasteiger partial charge in [-0.1, -0.05) is 122 Å². The van der Waals surface area contributed by atoms with Crippen molar-refractivity contribution < 1.29 is 0 Å². The Morgan fingerprint density at radius 3 is 1.84 bits per heavy atom. The molecule has 1 aliphatic carbocycles. The maximum Gasteiger partial charge on any atom is 0.159 e. The molecule has 2 aromatic heterocycles. The zero-order chi connectivity index (χ0) is 33.9. The Balaban J connectivity index is 1.16. The number of nitrogens with one attached hydrogen (secondary N) is 1. The minimum Gasteiger partial charge on any atom is -0.344 e. The predicted octanol–water partition coefficient (Wildman–Crippen LogP) is 10.4. The number of nitrogens with zero attached hydrogens (tertiary/aromatic N) is 4. The van der Waals surface area contributed by atoms with Gasteiger partial charge in [-0.05, 0) is 77.6 Å². The van der Waals surface area contributed by atoms with E-state index in [1.165, 1.54) is 50.0 Å². The van der Waals surface area contributed by atoms with Crippen molar-refractivity contribution in [2.24, 2.45) is 9.98 Å². The summed E-state index contributed by atoms with van der Waals surface area (Å²) >= 11 is 0. The van der Waals surface area contributed by atoms with Crippen LogP contribution in [0.25, 0.3) is 44.6 Å². The van der Waals surface area contributed by atoms with Crippen molar-refractivity contribution in [1.82, 2.24) is 14.5 Å². The van der Waals surface area contributed by atoms with Crippen LogP contribution in [0.2, 0.25) is 0 Å². The summed E-state index contributed by atoms with van der Waals surface area (Å²) in [6, 6.07) is 58.1. The summed E-state index contributed by atoms with van der Waals surface area (Å²) < 4.78 is 4.96. The number of benzene rings is 6. The van der Waals surface area contributed by atoms with Gasteiger partial charge in [0.1, 0.15) is 12.0 Å². The summed E-state index contributed by atoms with van der Waals surface area (Å²) in [7, 11) is 0. The number of hydrogen-bond acceptors (Lipinski definition) is 3. The van der Waals surface area contributed by atoms with Crippen LogP contribution in [0.1, 0.15) is 46.8 Å². The van der Waals surface area contributed by atoms with Crippen LogP contribution < -0.4 is 5.32 Å². The SMILES string of the molecule is CC1Cc2c(n(-c3ccccc3)c3ccccc23)-c2c1c1ccccc1n2-c1ccc(C2=NC(c3ccccc3)NC(c3ccccc3)=N2)cc1. The lowest BCUT2D eigenvalue weighted by atomic mass is 9.84. The van der Waals surface area contributed by atoms with Gasteiger partial charge in [0.15, 0.2) is 5.84 Å². The Labute approximate surface area is 296 Å². The van der Waals surface area contributed by atoms with Gasteiger partial charge >= 0.3 is 0 Å². The molecule has 1 N–H and O–H groups in total. The van der Waals surface area contributed by atoms with E-state index in [-0.39, 0.29) is 6.17 Å². The van der Waals surface area contributed by atoms with Gasteiger partial charge in [-0.3, -0.25) is 0 Å². The average molecular weight is 658 g/mol. The molecule has 5 heteroatoms. The fraction of sp³-hybridized carbons (Fsp3) is 0.0870. The topological polar surface area (TPSA) is 46.6 Å². The average Bonchev–Trinajstić information content (AvgIpc) is 3.72. The number of amidine groups is 2. The van der Waals surface area contributed by atoms with Crippen LogP contribution in [-0.2, 0) is 6.42 Å². The Morgan fingerprint density at radius 2 is 1.12 bits per heavy atom. The molecule has 0 spiro atoms. The molecular formula is C46H35N5. The lowest BCUT2D eigenvalue weighted by Crippen LogP contribution is -2.33. The molecule has 1 aliphatic heterocycles. The standard InChI is InChI=1S/C46H35N5/c1-30-29-38-36-21-11-13-23-39(36)50(34-19-9-4-10-20-34)42(38)43-41(30)37-22-12-14-24-40(37)51(43)35-27-25-33(26-28-35)46-48-44(31-15-5-2-6-16-31)47-45(49-46)32-17-7-3-8-18-32/h2-28,30,44H,29H2,1H3,(H,47,48,49). The molecule has 2 atom stereocenters. The van der Waals surface area contributed by atoms with Gasteiger partial charge in [0.25, 0.3) is 0 Å². The van der Waals surface area contributed by atoms with Crippen molar-refractivity contribution in [1.29, 1.82) is 0 Å². The highest BCUT2D eigenvalue weighted by molar-refractivity contribution is 6.13. The zero-order valence-corrected chi connectivity index (χ0v) is 28.2. The fourth-order valence-electron chi connectivity index (χ4n) is 8.17. The van der Waals surface area contributed by atoms with Crippen LogP contribution >= 0.6 is 0 Å². The van der Waals surface area contributed by atoms with Crippen molar-refractivity contribution in [2.75, 3.05) is 0 Å². The monoisotopic (exact) mass is 657 g/mol. The second-order valence-corrected chi connectivity index (χ2v) is 13.5. The molecule has 244 valence electrons. The van der Waals surface area contributed by atoms with Gasteiger partial charge in [-0.2, -0.15) is 0 Å². The molecular weight excluding hydrogens is 623 g/mol. The quantitative estimate of drug-likeness (QED) is 0.197. The van der Waals surface area contributed by atoms with Crippen molar-refractivity contribution in [3.8, 4) is 22.8 Å². The van der Waals surface area contributed by atoms with E-state index in [9.17, 15) is 0 Å². The Bertz CT molecular complexity index is 2630. The van der Waals surface area contributed by atoms with Gasteiger partial charge in [0.05, 0.1) is 22.4 Å². The molecule has 0 fully saturated rings. The first-order valence-corrected chi connectivity index (χ1v) is 17.7. The summed E-state index contributed by atoms with van der Waals surface area (Å²) in [5.74, 6) is 1.89. The number of fused-ring (bicyclic) bond motifs is 7. The summed E-state index contributed by atoms with van der Waals surface area (Å²) in [4.78, 5) is 10.2. The Hall–Kier alpha value is -6.46. The third-order valence-corrected chi connectivity index (χ3v) is 10.4. The molecule has 0 saturated heterocycles. The highest BCUT2D eigenvalue weighted by Crippen LogP contribution is 2.50. The first-order valence-electron chi connectivity index (χ1n) is 17.7. The first kappa shape index (κ1) is 29.5. The molecule has 5 nitrogen and oxygen atoms in total. The molecule has 2 aliphatic rings. The molecule has 0 amide bonds. The smallest absolute Gasteiger partial charge is 0.159 e. The molecule has 0 radical (unpaired) electrons. The van der Waals surface area contributed by atoms with Crippen molar-refractivity contribution in [3.05, 3.63) is 192 Å². The molecule has 0 bridgehead atoms. The van der Waals surface area contributed by atoms with E-state index in [2.05, 4.69) is 161 Å². The Morgan fingerprint density at radius 1 is 0.549 bits per heavy atom. The molecule has 0 saturated carbocycles. The third kappa shape index (κ3) is 4.77. The molecule has 10 rings (SSSR count). The number of aromatic nitrogens is 2. The molecule has 8 aromatic rings. The third-order valence-electron chi connectivity index (χ3n) is 10.4. The molecule has 2 unspecified atom stereocenters. The number of rotatable bonds is 5. The summed E-state index contributed by atoms with van der Waals surface area (Å²) in [6.45, 7) is 2.39. The normalized spacial score (nSPS) is 16.6. The van der Waals surface area contributed by atoms with E-state index in [0.717, 1.165) is 34.6 Å². The maximum atomic E-state index is 5.13. The second kappa shape index (κ2) is 11.9. The minimum atomic E-state index is -0.242. The second-order valence-electron chi connectivity index (χ2n) is 13.5. The lowest BCUT2D eigenvalue weighted by molar-refractivity contribution is 0.674. The van der Waals surface area contributed by atoms with E-state index in [1.807, 2.05) is 24.3 Å². The predicted molar refractivity (Wildman–Crippen MR) is 209 cm³/mol. The Kier molecular flexibility index (Phi) is 6.84. The summed E-state index contributed by atoms with van der Waals surface area (Å²) in [5, 5.41) is 6.21. The fourth-order valence-corrected chi connectivity index (χ4v) is 8.17. The van der Waals surface area contributed by atoms with Gasteiger partial charge in [-0.15, -0.1) is 0 Å². The number of aliphatic imine (C=N–C) groups is 2. The molecule has 3 heterocycles. The van der Waals surface area contributed by atoms with Crippen molar-refractivity contribution in [2.45, 2.75) is 25.4 Å². The van der Waals surface area contributed by atoms with Crippen LogP contribution in [0.5, 0.6) is 0 Å². The van der Waals surface area contributed by atoms with Gasteiger partial charge in [0, 0.05) is 33.3 Å². The van der Waals surface area contributed by atoms with E-state index in [4.69, 9.17) is 9.98 Å². The van der Waals surface area contributed by atoms with Gasteiger partial charge < -0.3 is 14.5 Å². The largest absolute Gasteiger partial charge is 0.344 e. The van der Waals surface area contributed by atoms with E-state index in [0.29, 0.717) is 11.8 Å². The van der Waals surface area contributed by atoms with Crippen LogP contribution in [0.3, 0.4) is 0 Å². The van der Waals surface area contributed by atoms with Crippen LogP contribution in [-0.4, -0.2) is 20.8 Å². The lowest BCUT2D eigenvalue weighted by Gasteiger charge is -2.25. The molecule has 51 heavy (non-hydrogen) atoms. The van der Waals surface area contributed by atoms with Crippen LogP contribution in [0.15, 0.2) is 174 Å². The highest BCUT2D eigenvalue weighted by Gasteiger charge is 2.34. The van der Waals surface area contributed by atoms with Gasteiger partial charge in [-0.25, -0.2) is 9.98 Å². The van der Waals surface area contributed by atoms with E-state index < -0.39 is 0 Å². The zero-order valence-electron chi connectivity index (χ0n) is 28.2. The van der Waals surface area contributed by atoms with Gasteiger partial charge in [0.2, 0.25) is 0 Å². The van der Waals surface area contributed by atoms with Crippen LogP contribution in [0.4, 0.5) is 0 Å². The van der Waals surface area contributed by atoms with Crippen LogP contribution in [0, 0.1) is 0 Å². The van der Waals surface area contributed by atoms with Crippen molar-refractivity contribution >= 4 is 33.5 Å². The van der Waals surface area contributed by atoms with Crippen molar-refractivity contribution in [3.63, 3.8) is 0 Å². The van der Waals surface area contributed by atoms with E-state index in [1.54, 1.807) is 0 Å². The minimum absolute atomic E-state index is 0.242. The maximum absolute atomic E-state index is 5.13.